The Morgan fingerprint density at radius 1 is 0.750 bits per heavy atom. The largest absolute Gasteiger partial charge is 0.466 e. The maximum absolute atomic E-state index is 8.88. The molecule has 0 radical (unpaired) electrons. The Morgan fingerprint density at radius 2 is 0.950 bits per heavy atom. The van der Waals surface area contributed by atoms with Gasteiger partial charge >= 0.3 is 7.82 Å². The Kier molecular flexibility index (Phi) is 10.9. The van der Waals surface area contributed by atoms with E-state index >= 15 is 0 Å². The van der Waals surface area contributed by atoms with Crippen molar-refractivity contribution in [2.75, 3.05) is 0 Å². The standard InChI is InChI=1S/C12H22.CH2N2.H3O4P/c1-3-7-11(8-4-1)12-9-5-2-6-10-12;2-1-3;1-5(2,3)4/h11-12H,1-10H2;2-3H;(H3,1,2,3,4). The van der Waals surface area contributed by atoms with Gasteiger partial charge in [0, 0.05) is 0 Å². The van der Waals surface area contributed by atoms with Crippen LogP contribution in [0.2, 0.25) is 0 Å². The van der Waals surface area contributed by atoms with Crippen LogP contribution in [0.1, 0.15) is 64.2 Å². The maximum Gasteiger partial charge on any atom is 0.466 e. The van der Waals surface area contributed by atoms with Gasteiger partial charge in [0.15, 0.2) is 0 Å². The average molecular weight is 306 g/mol. The normalized spacial score (nSPS) is 20.8. The van der Waals surface area contributed by atoms with E-state index in [0.717, 1.165) is 11.8 Å². The molecule has 0 aliphatic heterocycles. The summed E-state index contributed by atoms with van der Waals surface area (Å²) < 4.78 is 8.88. The fourth-order valence-corrected chi connectivity index (χ4v) is 3.21. The van der Waals surface area contributed by atoms with Gasteiger partial charge in [0.25, 0.3) is 0 Å². The van der Waals surface area contributed by atoms with Crippen molar-refractivity contribution >= 4 is 13.8 Å². The first kappa shape index (κ1) is 19.5. The lowest BCUT2D eigenvalue weighted by Gasteiger charge is -2.32. The Hall–Kier alpha value is -0.510. The summed E-state index contributed by atoms with van der Waals surface area (Å²) in [6, 6.07) is 1.25. The zero-order valence-electron chi connectivity index (χ0n) is 11.9. The molecule has 0 aromatic rings. The minimum atomic E-state index is -4.64. The fourth-order valence-electron chi connectivity index (χ4n) is 3.21. The molecule has 0 spiro atoms. The van der Waals surface area contributed by atoms with Crippen molar-refractivity contribution in [2.24, 2.45) is 11.8 Å². The molecular formula is C13H27N2O4P. The van der Waals surface area contributed by atoms with Crippen LogP contribution in [0.5, 0.6) is 0 Å². The van der Waals surface area contributed by atoms with Gasteiger partial charge in [-0.2, -0.15) is 0 Å². The number of nitrogens with one attached hydrogen (secondary N) is 2. The van der Waals surface area contributed by atoms with Gasteiger partial charge in [-0.15, -0.1) is 0 Å². The molecule has 0 bridgehead atoms. The molecular weight excluding hydrogens is 279 g/mol. The second-order valence-corrected chi connectivity index (χ2v) is 6.46. The Morgan fingerprint density at radius 3 is 1.15 bits per heavy atom. The van der Waals surface area contributed by atoms with Crippen LogP contribution in [0, 0.1) is 22.7 Å². The molecule has 7 heteroatoms. The minimum Gasteiger partial charge on any atom is -0.303 e. The summed E-state index contributed by atoms with van der Waals surface area (Å²) in [6.45, 7) is 0. The van der Waals surface area contributed by atoms with E-state index in [9.17, 15) is 0 Å². The number of phosphoric acid groups is 1. The Labute approximate surface area is 120 Å². The van der Waals surface area contributed by atoms with Crippen molar-refractivity contribution in [2.45, 2.75) is 64.2 Å². The van der Waals surface area contributed by atoms with Crippen LogP contribution < -0.4 is 0 Å². The van der Waals surface area contributed by atoms with Gasteiger partial charge < -0.3 is 14.7 Å². The molecule has 0 amide bonds. The molecule has 6 nitrogen and oxygen atoms in total. The molecule has 118 valence electrons. The first-order valence-electron chi connectivity index (χ1n) is 7.25. The molecule has 0 atom stereocenters. The van der Waals surface area contributed by atoms with E-state index in [2.05, 4.69) is 0 Å². The second kappa shape index (κ2) is 11.2. The first-order chi connectivity index (χ1) is 9.38. The van der Waals surface area contributed by atoms with Gasteiger partial charge in [0.1, 0.15) is 0 Å². The number of rotatable bonds is 1. The van der Waals surface area contributed by atoms with E-state index in [0.29, 0.717) is 0 Å². The lowest BCUT2D eigenvalue weighted by molar-refractivity contribution is 0.196. The molecule has 0 heterocycles. The Bertz CT molecular complexity index is 290. The number of hydrogen-bond acceptors (Lipinski definition) is 3. The number of hydrogen-bond donors (Lipinski definition) is 5. The van der Waals surface area contributed by atoms with Gasteiger partial charge in [-0.1, -0.05) is 64.2 Å². The van der Waals surface area contributed by atoms with Crippen LogP contribution in [0.3, 0.4) is 0 Å². The van der Waals surface area contributed by atoms with E-state index in [1.165, 1.54) is 44.5 Å². The van der Waals surface area contributed by atoms with Gasteiger partial charge in [-0.05, 0) is 11.8 Å². The molecule has 2 rings (SSSR count). The predicted octanol–water partition coefficient (Wildman–Crippen LogP) is 3.54. The summed E-state index contributed by atoms with van der Waals surface area (Å²) in [5, 5.41) is 11.2. The summed E-state index contributed by atoms with van der Waals surface area (Å²) in [4.78, 5) is 21.6. The first-order valence-corrected chi connectivity index (χ1v) is 8.81. The molecule has 0 aromatic heterocycles. The Balaban J connectivity index is 0.000000382. The smallest absolute Gasteiger partial charge is 0.303 e. The third kappa shape index (κ3) is 12.5. The monoisotopic (exact) mass is 306 g/mol. The molecule has 0 aromatic carbocycles. The highest BCUT2D eigenvalue weighted by atomic mass is 31.2. The maximum atomic E-state index is 8.88. The van der Waals surface area contributed by atoms with Crippen LogP contribution in [-0.2, 0) is 4.57 Å². The van der Waals surface area contributed by atoms with Crippen LogP contribution >= 0.6 is 7.82 Å². The van der Waals surface area contributed by atoms with Gasteiger partial charge in [-0.25, -0.2) is 15.4 Å². The summed E-state index contributed by atoms with van der Waals surface area (Å²) in [5.74, 6) is 2.28. The van der Waals surface area contributed by atoms with Crippen molar-refractivity contribution in [1.29, 1.82) is 10.8 Å². The predicted molar refractivity (Wildman–Crippen MR) is 77.9 cm³/mol. The summed E-state index contributed by atoms with van der Waals surface area (Å²) in [6.07, 6.45) is 15.4. The van der Waals surface area contributed by atoms with Crippen LogP contribution in [0.15, 0.2) is 0 Å². The topological polar surface area (TPSA) is 125 Å². The third-order valence-corrected chi connectivity index (χ3v) is 3.97. The molecule has 2 fully saturated rings. The highest BCUT2D eigenvalue weighted by molar-refractivity contribution is 7.45. The summed E-state index contributed by atoms with van der Waals surface area (Å²) >= 11 is 0. The van der Waals surface area contributed by atoms with Crippen molar-refractivity contribution < 1.29 is 19.2 Å². The van der Waals surface area contributed by atoms with Crippen molar-refractivity contribution in [3.05, 3.63) is 0 Å². The highest BCUT2D eigenvalue weighted by Gasteiger charge is 2.24. The molecule has 0 saturated heterocycles. The molecule has 2 aliphatic carbocycles. The fraction of sp³-hybridized carbons (Fsp3) is 0.923. The average Bonchev–Trinajstić information content (AvgIpc) is 2.40. The molecule has 20 heavy (non-hydrogen) atoms. The zero-order valence-corrected chi connectivity index (χ0v) is 12.8. The van der Waals surface area contributed by atoms with Crippen LogP contribution in [-0.4, -0.2) is 20.7 Å². The lowest BCUT2D eigenvalue weighted by Crippen LogP contribution is -2.20. The van der Waals surface area contributed by atoms with E-state index in [1.54, 1.807) is 25.7 Å². The second-order valence-electron chi connectivity index (χ2n) is 5.43. The minimum absolute atomic E-state index is 1.14. The summed E-state index contributed by atoms with van der Waals surface area (Å²) in [5.41, 5.74) is 0. The zero-order chi connectivity index (χ0) is 15.4. The van der Waals surface area contributed by atoms with Crippen LogP contribution in [0.25, 0.3) is 0 Å². The molecule has 2 saturated carbocycles. The van der Waals surface area contributed by atoms with Gasteiger partial charge in [0.2, 0.25) is 0 Å². The summed E-state index contributed by atoms with van der Waals surface area (Å²) in [7, 11) is -4.64. The van der Waals surface area contributed by atoms with E-state index in [-0.39, 0.29) is 0 Å². The van der Waals surface area contributed by atoms with E-state index in [4.69, 9.17) is 30.1 Å². The third-order valence-electron chi connectivity index (χ3n) is 3.97. The SMILES string of the molecule is C1CCC(C2CCCCC2)CC1.N=C=N.O=P(O)(O)O. The van der Waals surface area contributed by atoms with Gasteiger partial charge in [-0.3, -0.25) is 0 Å². The van der Waals surface area contributed by atoms with Crippen LogP contribution in [0.4, 0.5) is 0 Å². The van der Waals surface area contributed by atoms with Crippen molar-refractivity contribution in [3.63, 3.8) is 0 Å². The quantitative estimate of drug-likeness (QED) is 0.375. The lowest BCUT2D eigenvalue weighted by atomic mass is 9.73. The molecule has 0 unspecified atom stereocenters. The molecule has 5 N–H and O–H groups in total. The van der Waals surface area contributed by atoms with E-state index < -0.39 is 7.82 Å². The molecule has 2 aliphatic rings. The van der Waals surface area contributed by atoms with E-state index in [1.807, 2.05) is 0 Å². The van der Waals surface area contributed by atoms with Crippen molar-refractivity contribution in [3.8, 4) is 0 Å². The highest BCUT2D eigenvalue weighted by Crippen LogP contribution is 2.37. The van der Waals surface area contributed by atoms with Gasteiger partial charge in [0.05, 0.1) is 6.01 Å². The van der Waals surface area contributed by atoms with Crippen molar-refractivity contribution in [1.82, 2.24) is 0 Å².